The molecule has 2 heterocycles. The second-order valence-corrected chi connectivity index (χ2v) is 10.2. The number of allylic oxidation sites excluding steroid dienone is 1. The number of fused-ring (bicyclic) bond motifs is 1. The highest BCUT2D eigenvalue weighted by Crippen LogP contribution is 2.47. The lowest BCUT2D eigenvalue weighted by Crippen LogP contribution is -2.38. The molecule has 0 aromatic heterocycles. The molecule has 170 valence electrons. The molecule has 2 aromatic carbocycles. The van der Waals surface area contributed by atoms with Crippen molar-refractivity contribution >= 4 is 40.3 Å². The van der Waals surface area contributed by atoms with E-state index in [0.29, 0.717) is 5.75 Å². The first-order valence-electron chi connectivity index (χ1n) is 11.4. The van der Waals surface area contributed by atoms with Gasteiger partial charge in [-0.1, -0.05) is 36.0 Å². The van der Waals surface area contributed by atoms with Gasteiger partial charge in [-0.2, -0.15) is 0 Å². The van der Waals surface area contributed by atoms with Gasteiger partial charge in [0.15, 0.2) is 5.17 Å². The molecule has 1 saturated heterocycles. The highest BCUT2D eigenvalue weighted by Gasteiger charge is 2.42. The zero-order chi connectivity index (χ0) is 23.1. The number of nitrogens with zero attached hydrogens (tertiary/aromatic N) is 4. The molecule has 0 spiro atoms. The topological polar surface area (TPSA) is 39.2 Å². The standard InChI is InChI=1S/C27H30N4OS/c1-29(2)21-12-8-18(9-13-21)16-20-6-5-7-23-25(20)28-27-31(24(32)17-33-27)26(23)19-10-14-22(15-11-19)30(3)4/h8-16,26H,5-7,17H2,1-4H3. The van der Waals surface area contributed by atoms with Gasteiger partial charge < -0.3 is 9.80 Å². The minimum atomic E-state index is -0.0639. The van der Waals surface area contributed by atoms with Crippen molar-refractivity contribution in [2.75, 3.05) is 43.7 Å². The van der Waals surface area contributed by atoms with E-state index in [9.17, 15) is 4.79 Å². The summed E-state index contributed by atoms with van der Waals surface area (Å²) in [6, 6.07) is 17.2. The van der Waals surface area contributed by atoms with E-state index in [1.165, 1.54) is 22.4 Å². The van der Waals surface area contributed by atoms with E-state index in [0.717, 1.165) is 41.4 Å². The normalized spacial score (nSPS) is 21.2. The lowest BCUT2D eigenvalue weighted by Gasteiger charge is -2.37. The Morgan fingerprint density at radius 3 is 2.21 bits per heavy atom. The minimum Gasteiger partial charge on any atom is -0.378 e. The zero-order valence-electron chi connectivity index (χ0n) is 19.7. The first-order chi connectivity index (χ1) is 15.9. The smallest absolute Gasteiger partial charge is 0.239 e. The number of thioether (sulfide) groups is 1. The molecular formula is C27H30N4OS. The van der Waals surface area contributed by atoms with Gasteiger partial charge in [-0.25, -0.2) is 4.99 Å². The zero-order valence-corrected chi connectivity index (χ0v) is 20.5. The van der Waals surface area contributed by atoms with Crippen LogP contribution in [0.2, 0.25) is 0 Å². The summed E-state index contributed by atoms with van der Waals surface area (Å²) in [5, 5.41) is 0.844. The summed E-state index contributed by atoms with van der Waals surface area (Å²) in [5.74, 6) is 0.624. The van der Waals surface area contributed by atoms with Crippen LogP contribution in [0.4, 0.5) is 11.4 Å². The number of hydrogen-bond donors (Lipinski definition) is 0. The summed E-state index contributed by atoms with van der Waals surface area (Å²) < 4.78 is 0. The highest BCUT2D eigenvalue weighted by molar-refractivity contribution is 8.15. The van der Waals surface area contributed by atoms with E-state index >= 15 is 0 Å². The molecule has 3 aliphatic rings. The number of hydrogen-bond acceptors (Lipinski definition) is 5. The Morgan fingerprint density at radius 2 is 1.58 bits per heavy atom. The van der Waals surface area contributed by atoms with Crippen LogP contribution in [0.3, 0.4) is 0 Å². The number of amides is 1. The lowest BCUT2D eigenvalue weighted by atomic mass is 9.83. The largest absolute Gasteiger partial charge is 0.378 e. The van der Waals surface area contributed by atoms with Crippen LogP contribution in [0.5, 0.6) is 0 Å². The van der Waals surface area contributed by atoms with Gasteiger partial charge in [0.2, 0.25) is 5.91 Å². The number of benzene rings is 2. The fourth-order valence-corrected chi connectivity index (χ4v) is 5.70. The molecule has 1 fully saturated rings. The number of anilines is 2. The van der Waals surface area contributed by atoms with Crippen LogP contribution >= 0.6 is 11.8 Å². The summed E-state index contributed by atoms with van der Waals surface area (Å²) in [7, 11) is 8.21. The van der Waals surface area contributed by atoms with Gasteiger partial charge in [-0.05, 0) is 71.9 Å². The molecule has 6 heteroatoms. The Kier molecular flexibility index (Phi) is 5.79. The first kappa shape index (κ1) is 21.8. The summed E-state index contributed by atoms with van der Waals surface area (Å²) >= 11 is 1.56. The van der Waals surface area contributed by atoms with E-state index in [-0.39, 0.29) is 11.9 Å². The molecule has 33 heavy (non-hydrogen) atoms. The van der Waals surface area contributed by atoms with Crippen molar-refractivity contribution in [1.82, 2.24) is 4.90 Å². The van der Waals surface area contributed by atoms with Crippen LogP contribution in [-0.4, -0.2) is 49.9 Å². The molecular weight excluding hydrogens is 428 g/mol. The molecule has 2 aromatic rings. The Hall–Kier alpha value is -2.99. The number of rotatable bonds is 4. The van der Waals surface area contributed by atoms with E-state index in [4.69, 9.17) is 4.99 Å². The monoisotopic (exact) mass is 458 g/mol. The van der Waals surface area contributed by atoms with Gasteiger partial charge in [0.05, 0.1) is 17.5 Å². The van der Waals surface area contributed by atoms with Gasteiger partial charge in [0.25, 0.3) is 0 Å². The van der Waals surface area contributed by atoms with Crippen LogP contribution in [0.25, 0.3) is 6.08 Å². The lowest BCUT2D eigenvalue weighted by molar-refractivity contribution is -0.125. The highest BCUT2D eigenvalue weighted by atomic mass is 32.2. The third-order valence-electron chi connectivity index (χ3n) is 6.57. The number of carbonyl (C=O) groups is 1. The molecule has 0 bridgehead atoms. The number of amidine groups is 1. The summed E-state index contributed by atoms with van der Waals surface area (Å²) in [6.07, 6.45) is 5.33. The van der Waals surface area contributed by atoms with Crippen molar-refractivity contribution in [3.63, 3.8) is 0 Å². The predicted octanol–water partition coefficient (Wildman–Crippen LogP) is 5.33. The van der Waals surface area contributed by atoms with E-state index in [2.05, 4.69) is 78.5 Å². The Labute approximate surface area is 200 Å². The summed E-state index contributed by atoms with van der Waals surface area (Å²) in [6.45, 7) is 0. The van der Waals surface area contributed by atoms with Crippen molar-refractivity contribution in [3.8, 4) is 0 Å². The maximum atomic E-state index is 12.9. The van der Waals surface area contributed by atoms with E-state index in [1.54, 1.807) is 11.8 Å². The molecule has 0 radical (unpaired) electrons. The molecule has 5 rings (SSSR count). The summed E-state index contributed by atoms with van der Waals surface area (Å²) in [5.41, 5.74) is 8.34. The molecule has 1 aliphatic carbocycles. The summed E-state index contributed by atoms with van der Waals surface area (Å²) in [4.78, 5) is 24.1. The average molecular weight is 459 g/mol. The van der Waals surface area contributed by atoms with Gasteiger partial charge in [-0.15, -0.1) is 0 Å². The van der Waals surface area contributed by atoms with Crippen molar-refractivity contribution in [2.24, 2.45) is 4.99 Å². The third kappa shape index (κ3) is 4.08. The van der Waals surface area contributed by atoms with Crippen LogP contribution < -0.4 is 9.80 Å². The molecule has 1 amide bonds. The van der Waals surface area contributed by atoms with Crippen molar-refractivity contribution in [3.05, 3.63) is 76.5 Å². The van der Waals surface area contributed by atoms with Gasteiger partial charge >= 0.3 is 0 Å². The molecule has 2 aliphatic heterocycles. The van der Waals surface area contributed by atoms with E-state index < -0.39 is 0 Å². The Bertz CT molecular complexity index is 1160. The van der Waals surface area contributed by atoms with E-state index in [1.807, 2.05) is 19.0 Å². The average Bonchev–Trinajstić information content (AvgIpc) is 3.18. The second kappa shape index (κ2) is 8.75. The van der Waals surface area contributed by atoms with Crippen molar-refractivity contribution in [2.45, 2.75) is 25.3 Å². The fraction of sp³-hybridized carbons (Fsp3) is 0.333. The van der Waals surface area contributed by atoms with Crippen LogP contribution in [0.15, 0.2) is 70.4 Å². The quantitative estimate of drug-likeness (QED) is 0.621. The maximum Gasteiger partial charge on any atom is 0.239 e. The van der Waals surface area contributed by atoms with Gasteiger partial charge in [0, 0.05) is 39.6 Å². The van der Waals surface area contributed by atoms with Gasteiger partial charge in [0.1, 0.15) is 0 Å². The Balaban J connectivity index is 1.57. The SMILES string of the molecule is CN(C)c1ccc(C=C2CCCC3=C2N=C2SCC(=O)N2C3c2ccc(N(C)C)cc2)cc1. The number of carbonyl (C=O) groups excluding carboxylic acids is 1. The fourth-order valence-electron chi connectivity index (χ4n) is 4.80. The third-order valence-corrected chi connectivity index (χ3v) is 7.51. The van der Waals surface area contributed by atoms with Crippen LogP contribution in [0, 0.1) is 0 Å². The van der Waals surface area contributed by atoms with Gasteiger partial charge in [-0.3, -0.25) is 9.69 Å². The Morgan fingerprint density at radius 1 is 0.939 bits per heavy atom. The first-order valence-corrected chi connectivity index (χ1v) is 12.4. The second-order valence-electron chi connectivity index (χ2n) is 9.22. The van der Waals surface area contributed by atoms with Crippen molar-refractivity contribution in [1.29, 1.82) is 0 Å². The van der Waals surface area contributed by atoms with Crippen LogP contribution in [-0.2, 0) is 4.79 Å². The molecule has 1 unspecified atom stereocenters. The maximum absolute atomic E-state index is 12.9. The minimum absolute atomic E-state index is 0.0639. The molecule has 0 saturated carbocycles. The van der Waals surface area contributed by atoms with Crippen LogP contribution in [0.1, 0.15) is 36.4 Å². The van der Waals surface area contributed by atoms with Crippen molar-refractivity contribution < 1.29 is 4.79 Å². The molecule has 0 N–H and O–H groups in total. The number of aliphatic imine (C=N–C) groups is 1. The predicted molar refractivity (Wildman–Crippen MR) is 140 cm³/mol. The molecule has 1 atom stereocenters. The molecule has 5 nitrogen and oxygen atoms in total.